The third-order valence-corrected chi connectivity index (χ3v) is 11.8. The van der Waals surface area contributed by atoms with Crippen molar-refractivity contribution in [2.45, 2.75) is 13.8 Å². The fourth-order valence-electron chi connectivity index (χ4n) is 11.4. The van der Waals surface area contributed by atoms with Crippen molar-refractivity contribution in [2.75, 3.05) is 14.2 Å². The summed E-state index contributed by atoms with van der Waals surface area (Å²) in [7, 11) is 2.98. The molecule has 2 aromatic carbocycles. The zero-order valence-electron chi connectivity index (χ0n) is 22.2. The monoisotopic (exact) mass is 504 g/mol. The fourth-order valence-corrected chi connectivity index (χ4v) is 11.4. The quantitative estimate of drug-likeness (QED) is 0.389. The lowest BCUT2D eigenvalue weighted by Gasteiger charge is -2.56. The summed E-state index contributed by atoms with van der Waals surface area (Å²) < 4.78 is 11.2. The summed E-state index contributed by atoms with van der Waals surface area (Å²) in [4.78, 5) is 28.1. The number of carbonyl (C=O) groups is 2. The van der Waals surface area contributed by atoms with Crippen LogP contribution in [0.2, 0.25) is 0 Å². The molecule has 0 heterocycles. The van der Waals surface area contributed by atoms with Gasteiger partial charge in [-0.1, -0.05) is 84.0 Å². The smallest absolute Gasteiger partial charge is 0.313 e. The molecule has 5 fully saturated rings. The maximum Gasteiger partial charge on any atom is 0.313 e. The van der Waals surface area contributed by atoms with Crippen molar-refractivity contribution in [2.24, 2.45) is 58.2 Å². The first-order valence-electron chi connectivity index (χ1n) is 13.9. The second kappa shape index (κ2) is 7.16. The maximum atomic E-state index is 14.0. The van der Waals surface area contributed by atoms with E-state index in [1.807, 2.05) is 0 Å². The van der Waals surface area contributed by atoms with Crippen LogP contribution in [0.4, 0.5) is 0 Å². The van der Waals surface area contributed by atoms with E-state index in [2.05, 4.69) is 86.7 Å². The summed E-state index contributed by atoms with van der Waals surface area (Å²) >= 11 is 0. The molecule has 0 aromatic heterocycles. The van der Waals surface area contributed by atoms with Crippen molar-refractivity contribution >= 4 is 23.1 Å². The van der Waals surface area contributed by atoms with Crippen LogP contribution in [0, 0.1) is 58.2 Å². The Morgan fingerprint density at radius 2 is 1.03 bits per heavy atom. The van der Waals surface area contributed by atoms with E-state index < -0.39 is 10.8 Å². The van der Waals surface area contributed by atoms with E-state index >= 15 is 0 Å². The molecule has 192 valence electrons. The van der Waals surface area contributed by atoms with Crippen molar-refractivity contribution in [3.63, 3.8) is 0 Å². The van der Waals surface area contributed by atoms with Crippen LogP contribution < -0.4 is 0 Å². The molecule has 4 heteroatoms. The summed E-state index contributed by atoms with van der Waals surface area (Å²) in [5.41, 5.74) is 5.98. The lowest BCUT2D eigenvalue weighted by Crippen LogP contribution is -2.63. The minimum atomic E-state index is -0.844. The fraction of sp³-hybridized carbons (Fsp3) is 0.412. The Hall–Kier alpha value is -3.40. The van der Waals surface area contributed by atoms with E-state index in [0.29, 0.717) is 11.8 Å². The number of methoxy groups -OCH3 is 2. The highest BCUT2D eigenvalue weighted by molar-refractivity contribution is 6.09. The van der Waals surface area contributed by atoms with Crippen LogP contribution in [0.25, 0.3) is 11.1 Å². The highest BCUT2D eigenvalue weighted by Gasteiger charge is 2.98. The second-order valence-electron chi connectivity index (χ2n) is 12.3. The number of hydrogen-bond acceptors (Lipinski definition) is 4. The molecule has 7 aliphatic carbocycles. The topological polar surface area (TPSA) is 52.6 Å². The predicted molar refractivity (Wildman–Crippen MR) is 144 cm³/mol. The maximum absolute atomic E-state index is 14.0. The normalized spacial score (nSPS) is 42.3. The molecule has 10 atom stereocenters. The van der Waals surface area contributed by atoms with Gasteiger partial charge < -0.3 is 9.47 Å². The first-order valence-corrected chi connectivity index (χ1v) is 13.9. The summed E-state index contributed by atoms with van der Waals surface area (Å²) in [6.45, 7) is 4.57. The molecule has 0 amide bonds. The Balaban J connectivity index is 1.43. The number of hydrogen-bond donors (Lipinski definition) is 0. The van der Waals surface area contributed by atoms with Gasteiger partial charge in [0, 0.05) is 0 Å². The standard InChI is InChI=1S/C34H32O4/c1-17-23(19-11-7-5-8-12-19)24(20-13-9-6-10-14-20)18(2)26-25(17)29-28-27-21-15-16-22(27)34(30(26)28,32(36)38-4)33(21,29)31(35)37-3/h5-16,21-22,25-30H,1-4H3/t21-,22-,25-,26+,27?,28?,29+,30+,33+,34+/m0/s1. The zero-order valence-corrected chi connectivity index (χ0v) is 22.2. The van der Waals surface area contributed by atoms with E-state index in [1.165, 1.54) is 47.6 Å². The molecule has 5 saturated carbocycles. The molecular formula is C34H32O4. The number of ether oxygens (including phenoxy) is 2. The van der Waals surface area contributed by atoms with Crippen LogP contribution in [0.5, 0.6) is 0 Å². The first-order chi connectivity index (χ1) is 18.5. The molecule has 2 unspecified atom stereocenters. The van der Waals surface area contributed by atoms with Crippen LogP contribution in [0.15, 0.2) is 84.0 Å². The number of benzene rings is 2. The van der Waals surface area contributed by atoms with Gasteiger partial charge in [-0.3, -0.25) is 9.59 Å². The molecule has 9 rings (SSSR count). The van der Waals surface area contributed by atoms with E-state index in [4.69, 9.17) is 9.47 Å². The van der Waals surface area contributed by atoms with Gasteiger partial charge in [0.15, 0.2) is 0 Å². The number of rotatable bonds is 4. The summed E-state index contributed by atoms with van der Waals surface area (Å²) in [6, 6.07) is 21.3. The van der Waals surface area contributed by atoms with Crippen LogP contribution in [-0.4, -0.2) is 26.2 Å². The Bertz CT molecular complexity index is 1390. The largest absolute Gasteiger partial charge is 0.469 e. The minimum Gasteiger partial charge on any atom is -0.469 e. The predicted octanol–water partition coefficient (Wildman–Crippen LogP) is 5.82. The Labute approximate surface area is 223 Å². The SMILES string of the molecule is COC(=O)[C@@]12[C@H]3C=C[C@H]4C3C3[C@H]1[C@@H]1C(C)=C(c5ccccc5)C(c5ccccc5)=C(C)[C@@H]1[C@H]3[C@@]42C(=O)OC. The molecule has 2 aromatic rings. The number of fused-ring (bicyclic) bond motifs is 1. The average Bonchev–Trinajstić information content (AvgIpc) is 3.76. The first kappa shape index (κ1) is 22.6. The highest BCUT2D eigenvalue weighted by atomic mass is 16.5. The van der Waals surface area contributed by atoms with Crippen LogP contribution in [0.1, 0.15) is 25.0 Å². The second-order valence-corrected chi connectivity index (χ2v) is 12.3. The molecule has 38 heavy (non-hydrogen) atoms. The van der Waals surface area contributed by atoms with Crippen molar-refractivity contribution in [1.82, 2.24) is 0 Å². The number of allylic oxidation sites excluding steroid dienone is 6. The third kappa shape index (κ3) is 2.03. The van der Waals surface area contributed by atoms with Crippen molar-refractivity contribution in [1.29, 1.82) is 0 Å². The van der Waals surface area contributed by atoms with E-state index in [-0.39, 0.29) is 47.4 Å². The molecule has 0 N–H and O–H groups in total. The summed E-state index contributed by atoms with van der Waals surface area (Å²) in [6.07, 6.45) is 4.46. The van der Waals surface area contributed by atoms with Crippen LogP contribution in [-0.2, 0) is 19.1 Å². The van der Waals surface area contributed by atoms with Gasteiger partial charge >= 0.3 is 11.9 Å². The van der Waals surface area contributed by atoms with Gasteiger partial charge in [0.25, 0.3) is 0 Å². The molecule has 7 aliphatic rings. The molecule has 0 saturated heterocycles. The Morgan fingerprint density at radius 3 is 1.39 bits per heavy atom. The third-order valence-electron chi connectivity index (χ3n) is 11.8. The molecule has 0 spiro atoms. The number of esters is 2. The minimum absolute atomic E-state index is 0.0547. The zero-order chi connectivity index (χ0) is 26.1. The molecular weight excluding hydrogens is 472 g/mol. The highest BCUT2D eigenvalue weighted by Crippen LogP contribution is 2.94. The lowest BCUT2D eigenvalue weighted by molar-refractivity contribution is -0.192. The molecule has 4 nitrogen and oxygen atoms in total. The van der Waals surface area contributed by atoms with Gasteiger partial charge in [-0.25, -0.2) is 0 Å². The summed E-state index contributed by atoms with van der Waals surface area (Å²) in [5, 5.41) is 0. The van der Waals surface area contributed by atoms with Gasteiger partial charge in [-0.15, -0.1) is 0 Å². The van der Waals surface area contributed by atoms with Gasteiger partial charge in [-0.05, 0) is 83.5 Å². The van der Waals surface area contributed by atoms with Gasteiger partial charge in [-0.2, -0.15) is 0 Å². The van der Waals surface area contributed by atoms with Gasteiger partial charge in [0.05, 0.1) is 25.0 Å². The average molecular weight is 505 g/mol. The molecule has 0 aliphatic heterocycles. The summed E-state index contributed by atoms with van der Waals surface area (Å²) in [5.74, 6) is 0.870. The van der Waals surface area contributed by atoms with E-state index in [0.717, 1.165) is 0 Å². The molecule has 0 radical (unpaired) electrons. The van der Waals surface area contributed by atoms with E-state index in [9.17, 15) is 9.59 Å². The lowest BCUT2D eigenvalue weighted by atomic mass is 9.45. The number of carbonyl (C=O) groups excluding carboxylic acids is 2. The van der Waals surface area contributed by atoms with Gasteiger partial charge in [0.2, 0.25) is 0 Å². The van der Waals surface area contributed by atoms with Crippen LogP contribution in [0.3, 0.4) is 0 Å². The van der Waals surface area contributed by atoms with Crippen molar-refractivity contribution < 1.29 is 19.1 Å². The van der Waals surface area contributed by atoms with Gasteiger partial charge in [0.1, 0.15) is 0 Å². The Morgan fingerprint density at radius 1 is 0.632 bits per heavy atom. The van der Waals surface area contributed by atoms with Crippen molar-refractivity contribution in [3.05, 3.63) is 95.1 Å². The molecule has 8 bridgehead atoms. The Kier molecular flexibility index (Phi) is 4.26. The van der Waals surface area contributed by atoms with Crippen molar-refractivity contribution in [3.8, 4) is 0 Å². The van der Waals surface area contributed by atoms with E-state index in [1.54, 1.807) is 0 Å². The van der Waals surface area contributed by atoms with Crippen LogP contribution >= 0.6 is 0 Å².